The normalized spacial score (nSPS) is 20.7. The lowest BCUT2D eigenvalue weighted by Crippen LogP contribution is -2.45. The summed E-state index contributed by atoms with van der Waals surface area (Å²) >= 11 is 6.03. The van der Waals surface area contributed by atoms with Crippen molar-refractivity contribution in [2.24, 2.45) is 11.7 Å². The van der Waals surface area contributed by atoms with E-state index in [1.165, 1.54) is 22.5 Å². The van der Waals surface area contributed by atoms with Gasteiger partial charge in [0.05, 0.1) is 16.7 Å². The standard InChI is InChI=1S/C14H18ClN3O2S.ClH/c1-10(17)12-3-2-6-18(9-12)21(19,20)14-5-4-11(8-16)7-13(14)15;/h4-5,7,10,12H,2-3,6,9,17H2,1H3;1H. The van der Waals surface area contributed by atoms with Crippen molar-refractivity contribution >= 4 is 34.0 Å². The van der Waals surface area contributed by atoms with Gasteiger partial charge in [-0.2, -0.15) is 9.57 Å². The molecule has 122 valence electrons. The van der Waals surface area contributed by atoms with Crippen molar-refractivity contribution in [2.45, 2.75) is 30.7 Å². The highest BCUT2D eigenvalue weighted by atomic mass is 35.5. The number of hydrogen-bond acceptors (Lipinski definition) is 4. The highest BCUT2D eigenvalue weighted by Gasteiger charge is 2.32. The largest absolute Gasteiger partial charge is 0.328 e. The summed E-state index contributed by atoms with van der Waals surface area (Å²) in [5.74, 6) is 0.158. The number of nitrogens with zero attached hydrogens (tertiary/aromatic N) is 2. The Kier molecular flexibility index (Phi) is 6.65. The van der Waals surface area contributed by atoms with Crippen molar-refractivity contribution in [3.8, 4) is 6.07 Å². The maximum absolute atomic E-state index is 12.7. The Morgan fingerprint density at radius 3 is 2.73 bits per heavy atom. The number of rotatable bonds is 3. The van der Waals surface area contributed by atoms with Crippen LogP contribution < -0.4 is 5.73 Å². The number of piperidine rings is 1. The third-order valence-electron chi connectivity index (χ3n) is 3.84. The van der Waals surface area contributed by atoms with E-state index in [1.807, 2.05) is 13.0 Å². The SMILES string of the molecule is CC(N)C1CCCN(S(=O)(=O)c2ccc(C#N)cc2Cl)C1.Cl. The van der Waals surface area contributed by atoms with E-state index in [4.69, 9.17) is 22.6 Å². The predicted molar refractivity (Wildman–Crippen MR) is 88.5 cm³/mol. The first-order valence-electron chi connectivity index (χ1n) is 6.81. The average Bonchev–Trinajstić information content (AvgIpc) is 2.46. The molecule has 1 fully saturated rings. The molecule has 8 heteroatoms. The first-order chi connectivity index (χ1) is 9.86. The zero-order valence-corrected chi connectivity index (χ0v) is 14.6. The van der Waals surface area contributed by atoms with Crippen molar-refractivity contribution in [3.63, 3.8) is 0 Å². The van der Waals surface area contributed by atoms with Gasteiger partial charge in [0.2, 0.25) is 10.0 Å². The van der Waals surface area contributed by atoms with Gasteiger partial charge in [-0.1, -0.05) is 11.6 Å². The summed E-state index contributed by atoms with van der Waals surface area (Å²) in [5, 5.41) is 8.90. The van der Waals surface area contributed by atoms with Crippen LogP contribution in [0.3, 0.4) is 0 Å². The summed E-state index contributed by atoms with van der Waals surface area (Å²) < 4.78 is 26.8. The molecule has 1 aliphatic heterocycles. The first kappa shape index (κ1) is 19.2. The van der Waals surface area contributed by atoms with Crippen molar-refractivity contribution in [1.82, 2.24) is 4.31 Å². The van der Waals surface area contributed by atoms with E-state index in [0.29, 0.717) is 18.7 Å². The third-order valence-corrected chi connectivity index (χ3v) is 6.19. The van der Waals surface area contributed by atoms with Crippen molar-refractivity contribution in [3.05, 3.63) is 28.8 Å². The molecule has 0 aliphatic carbocycles. The van der Waals surface area contributed by atoms with Gasteiger partial charge in [0, 0.05) is 19.1 Å². The maximum atomic E-state index is 12.7. The van der Waals surface area contributed by atoms with Crippen LogP contribution in [0, 0.1) is 17.2 Å². The Balaban J connectivity index is 0.00000242. The summed E-state index contributed by atoms with van der Waals surface area (Å²) in [7, 11) is -3.65. The van der Waals surface area contributed by atoms with Crippen molar-refractivity contribution in [2.75, 3.05) is 13.1 Å². The van der Waals surface area contributed by atoms with Crippen LogP contribution in [-0.4, -0.2) is 31.9 Å². The summed E-state index contributed by atoms with van der Waals surface area (Å²) in [4.78, 5) is 0.0495. The molecular weight excluding hydrogens is 345 g/mol. The summed E-state index contributed by atoms with van der Waals surface area (Å²) in [6.45, 7) is 2.79. The van der Waals surface area contributed by atoms with Gasteiger partial charge in [-0.3, -0.25) is 0 Å². The molecule has 1 aliphatic rings. The van der Waals surface area contributed by atoms with E-state index < -0.39 is 10.0 Å². The molecule has 0 radical (unpaired) electrons. The minimum absolute atomic E-state index is 0. The number of sulfonamides is 1. The van der Waals surface area contributed by atoms with E-state index in [2.05, 4.69) is 0 Å². The molecule has 1 heterocycles. The van der Waals surface area contributed by atoms with Gasteiger partial charge in [0.1, 0.15) is 4.90 Å². The Hall–Kier alpha value is -0.840. The Labute approximate surface area is 142 Å². The minimum atomic E-state index is -3.65. The Morgan fingerprint density at radius 2 is 2.18 bits per heavy atom. The molecule has 0 amide bonds. The molecule has 5 nitrogen and oxygen atoms in total. The van der Waals surface area contributed by atoms with Crippen molar-refractivity contribution < 1.29 is 8.42 Å². The van der Waals surface area contributed by atoms with Crippen LogP contribution in [-0.2, 0) is 10.0 Å². The second-order valence-electron chi connectivity index (χ2n) is 5.38. The molecule has 1 aromatic carbocycles. The van der Waals surface area contributed by atoms with Gasteiger partial charge < -0.3 is 5.73 Å². The zero-order chi connectivity index (χ0) is 15.6. The van der Waals surface area contributed by atoms with E-state index in [-0.39, 0.29) is 34.3 Å². The number of benzene rings is 1. The van der Waals surface area contributed by atoms with E-state index >= 15 is 0 Å². The third kappa shape index (κ3) is 3.92. The molecular formula is C14H19Cl2N3O2S. The predicted octanol–water partition coefficient (Wildman–Crippen LogP) is 2.38. The second-order valence-corrected chi connectivity index (χ2v) is 7.70. The minimum Gasteiger partial charge on any atom is -0.328 e. The maximum Gasteiger partial charge on any atom is 0.244 e. The Morgan fingerprint density at radius 1 is 1.50 bits per heavy atom. The number of halogens is 2. The smallest absolute Gasteiger partial charge is 0.244 e. The summed E-state index contributed by atoms with van der Waals surface area (Å²) in [6, 6.07) is 6.13. The molecule has 2 N–H and O–H groups in total. The van der Waals surface area contributed by atoms with Crippen LogP contribution in [0.25, 0.3) is 0 Å². The van der Waals surface area contributed by atoms with E-state index in [9.17, 15) is 8.42 Å². The second kappa shape index (κ2) is 7.62. The molecule has 2 rings (SSSR count). The van der Waals surface area contributed by atoms with Crippen LogP contribution in [0.15, 0.2) is 23.1 Å². The monoisotopic (exact) mass is 363 g/mol. The fourth-order valence-corrected chi connectivity index (χ4v) is 4.59. The molecule has 0 aromatic heterocycles. The van der Waals surface area contributed by atoms with Crippen LogP contribution in [0.1, 0.15) is 25.3 Å². The van der Waals surface area contributed by atoms with Gasteiger partial charge in [0.25, 0.3) is 0 Å². The lowest BCUT2D eigenvalue weighted by Gasteiger charge is -2.33. The molecule has 0 spiro atoms. The van der Waals surface area contributed by atoms with Gasteiger partial charge in [-0.05, 0) is 43.9 Å². The average molecular weight is 364 g/mol. The molecule has 0 saturated carbocycles. The summed E-state index contributed by atoms with van der Waals surface area (Å²) in [5.41, 5.74) is 6.23. The fraction of sp³-hybridized carbons (Fsp3) is 0.500. The van der Waals surface area contributed by atoms with E-state index in [1.54, 1.807) is 0 Å². The molecule has 2 atom stereocenters. The molecule has 22 heavy (non-hydrogen) atoms. The lowest BCUT2D eigenvalue weighted by molar-refractivity contribution is 0.243. The number of nitriles is 1. The van der Waals surface area contributed by atoms with Crippen LogP contribution in [0.2, 0.25) is 5.02 Å². The molecule has 0 bridgehead atoms. The molecule has 2 unspecified atom stereocenters. The van der Waals surface area contributed by atoms with Crippen LogP contribution in [0.4, 0.5) is 0 Å². The van der Waals surface area contributed by atoms with Crippen LogP contribution in [0.5, 0.6) is 0 Å². The highest BCUT2D eigenvalue weighted by molar-refractivity contribution is 7.89. The van der Waals surface area contributed by atoms with Crippen molar-refractivity contribution in [1.29, 1.82) is 5.26 Å². The Bertz CT molecular complexity index is 671. The topological polar surface area (TPSA) is 87.2 Å². The zero-order valence-electron chi connectivity index (χ0n) is 12.2. The van der Waals surface area contributed by atoms with Gasteiger partial charge >= 0.3 is 0 Å². The fourth-order valence-electron chi connectivity index (χ4n) is 2.54. The van der Waals surface area contributed by atoms with Gasteiger partial charge in [0.15, 0.2) is 0 Å². The number of hydrogen-bond donors (Lipinski definition) is 1. The summed E-state index contributed by atoms with van der Waals surface area (Å²) in [6.07, 6.45) is 1.73. The quantitative estimate of drug-likeness (QED) is 0.892. The lowest BCUT2D eigenvalue weighted by atomic mass is 9.93. The van der Waals surface area contributed by atoms with Gasteiger partial charge in [-0.25, -0.2) is 8.42 Å². The first-order valence-corrected chi connectivity index (χ1v) is 8.63. The molecule has 1 aromatic rings. The molecule has 1 saturated heterocycles. The highest BCUT2D eigenvalue weighted by Crippen LogP contribution is 2.29. The van der Waals surface area contributed by atoms with Gasteiger partial charge in [-0.15, -0.1) is 12.4 Å². The van der Waals surface area contributed by atoms with Crippen LogP contribution >= 0.6 is 24.0 Å². The number of nitrogens with two attached hydrogens (primary N) is 1. The van der Waals surface area contributed by atoms with E-state index in [0.717, 1.165) is 12.8 Å².